The molecule has 1 fully saturated rings. The maximum absolute atomic E-state index is 9.87. The second-order valence-electron chi connectivity index (χ2n) is 3.96. The van der Waals surface area contributed by atoms with Gasteiger partial charge in [0.1, 0.15) is 0 Å². The zero-order valence-electron chi connectivity index (χ0n) is 8.53. The van der Waals surface area contributed by atoms with Gasteiger partial charge in [-0.1, -0.05) is 0 Å². The average molecular weight is 290 g/mol. The van der Waals surface area contributed by atoms with Gasteiger partial charge in [0.2, 0.25) is 0 Å². The van der Waals surface area contributed by atoms with E-state index in [1.165, 1.54) is 23.7 Å². The van der Waals surface area contributed by atoms with Gasteiger partial charge in [-0.05, 0) is 0 Å². The molecule has 0 unspecified atom stereocenters. The summed E-state index contributed by atoms with van der Waals surface area (Å²) in [7, 11) is 0. The molecule has 2 rings (SSSR count). The van der Waals surface area contributed by atoms with Crippen molar-refractivity contribution in [2.75, 3.05) is 0 Å². The van der Waals surface area contributed by atoms with Crippen molar-refractivity contribution in [1.82, 2.24) is 0 Å². The summed E-state index contributed by atoms with van der Waals surface area (Å²) in [6.07, 6.45) is 4.56. The van der Waals surface area contributed by atoms with E-state index < -0.39 is 0 Å². The third kappa shape index (κ3) is 3.22. The van der Waals surface area contributed by atoms with Gasteiger partial charge in [0.25, 0.3) is 0 Å². The SMILES string of the molecule is O[C@H]1CCCC[C@@H]1[Se]c1ccc(Cl)cc1. The van der Waals surface area contributed by atoms with Gasteiger partial charge in [0.15, 0.2) is 0 Å². The quantitative estimate of drug-likeness (QED) is 0.829. The van der Waals surface area contributed by atoms with Gasteiger partial charge >= 0.3 is 102 Å². The monoisotopic (exact) mass is 290 g/mol. The van der Waals surface area contributed by atoms with Crippen LogP contribution in [0.4, 0.5) is 0 Å². The van der Waals surface area contributed by atoms with Crippen LogP contribution in [-0.4, -0.2) is 26.2 Å². The Kier molecular flexibility index (Phi) is 4.10. The second-order valence-corrected chi connectivity index (χ2v) is 7.15. The van der Waals surface area contributed by atoms with Gasteiger partial charge in [-0.2, -0.15) is 0 Å². The van der Waals surface area contributed by atoms with E-state index in [1.807, 2.05) is 12.1 Å². The van der Waals surface area contributed by atoms with Crippen molar-refractivity contribution < 1.29 is 5.11 Å². The maximum atomic E-state index is 9.87. The van der Waals surface area contributed by atoms with Crippen molar-refractivity contribution in [3.8, 4) is 0 Å². The van der Waals surface area contributed by atoms with Crippen LogP contribution in [0.2, 0.25) is 9.84 Å². The van der Waals surface area contributed by atoms with Gasteiger partial charge in [-0.25, -0.2) is 0 Å². The van der Waals surface area contributed by atoms with Crippen molar-refractivity contribution in [3.05, 3.63) is 29.3 Å². The number of hydrogen-bond donors (Lipinski definition) is 1. The van der Waals surface area contributed by atoms with E-state index in [0.29, 0.717) is 19.8 Å². The van der Waals surface area contributed by atoms with E-state index >= 15 is 0 Å². The van der Waals surface area contributed by atoms with Crippen molar-refractivity contribution >= 4 is 31.0 Å². The van der Waals surface area contributed by atoms with Crippen LogP contribution in [-0.2, 0) is 0 Å². The molecule has 82 valence electrons. The molecule has 0 aromatic heterocycles. The molecular weight excluding hydrogens is 275 g/mol. The average Bonchev–Trinajstić information content (AvgIpc) is 2.25. The van der Waals surface area contributed by atoms with E-state index in [-0.39, 0.29) is 6.10 Å². The molecule has 0 radical (unpaired) electrons. The zero-order chi connectivity index (χ0) is 10.7. The van der Waals surface area contributed by atoms with Gasteiger partial charge < -0.3 is 0 Å². The molecule has 1 aliphatic rings. The van der Waals surface area contributed by atoms with E-state index in [0.717, 1.165) is 11.4 Å². The van der Waals surface area contributed by atoms with E-state index in [9.17, 15) is 5.11 Å². The molecule has 2 atom stereocenters. The van der Waals surface area contributed by atoms with Crippen LogP contribution in [0.25, 0.3) is 0 Å². The summed E-state index contributed by atoms with van der Waals surface area (Å²) >= 11 is 6.23. The molecule has 0 saturated heterocycles. The normalized spacial score (nSPS) is 26.5. The molecule has 1 aliphatic carbocycles. The van der Waals surface area contributed by atoms with Crippen molar-refractivity contribution in [1.29, 1.82) is 0 Å². The van der Waals surface area contributed by atoms with Crippen LogP contribution in [0.5, 0.6) is 0 Å². The zero-order valence-corrected chi connectivity index (χ0v) is 11.0. The van der Waals surface area contributed by atoms with Crippen LogP contribution < -0.4 is 4.46 Å². The number of rotatable bonds is 2. The van der Waals surface area contributed by atoms with E-state index in [4.69, 9.17) is 11.6 Å². The third-order valence-corrected chi connectivity index (χ3v) is 5.95. The number of aliphatic hydroxyl groups excluding tert-OH is 1. The predicted octanol–water partition coefficient (Wildman–Crippen LogP) is 2.39. The van der Waals surface area contributed by atoms with Crippen LogP contribution in [0.1, 0.15) is 25.7 Å². The van der Waals surface area contributed by atoms with Crippen molar-refractivity contribution in [3.63, 3.8) is 0 Å². The Morgan fingerprint density at radius 1 is 1.13 bits per heavy atom. The molecule has 0 aliphatic heterocycles. The van der Waals surface area contributed by atoms with Gasteiger partial charge in [-0.3, -0.25) is 0 Å². The molecule has 3 heteroatoms. The topological polar surface area (TPSA) is 20.2 Å². The minimum atomic E-state index is -0.0746. The summed E-state index contributed by atoms with van der Waals surface area (Å²) in [6.45, 7) is 0. The summed E-state index contributed by atoms with van der Waals surface area (Å²) in [4.78, 5) is 0.507. The summed E-state index contributed by atoms with van der Waals surface area (Å²) in [6, 6.07) is 8.05. The summed E-state index contributed by atoms with van der Waals surface area (Å²) in [5.74, 6) is 0. The molecule has 1 aromatic carbocycles. The van der Waals surface area contributed by atoms with Gasteiger partial charge in [0, 0.05) is 0 Å². The Morgan fingerprint density at radius 3 is 2.47 bits per heavy atom. The standard InChI is InChI=1S/C12H15ClOSe/c13-9-5-7-10(8-6-9)15-12-4-2-1-3-11(12)14/h5-8,11-12,14H,1-4H2/t11-,12-/m0/s1. The fourth-order valence-electron chi connectivity index (χ4n) is 1.90. The first-order valence-electron chi connectivity index (χ1n) is 5.36. The molecule has 1 saturated carbocycles. The molecule has 1 aromatic rings. The fraction of sp³-hybridized carbons (Fsp3) is 0.500. The summed E-state index contributed by atoms with van der Waals surface area (Å²) in [5, 5.41) is 10.7. The Hall–Kier alpha value is -0.0105. The Balaban J connectivity index is 1.98. The van der Waals surface area contributed by atoms with Crippen molar-refractivity contribution in [2.45, 2.75) is 36.6 Å². The molecule has 1 N–H and O–H groups in total. The molecule has 0 bridgehead atoms. The number of aliphatic hydroxyl groups is 1. The molecule has 0 spiro atoms. The number of halogens is 1. The summed E-state index contributed by atoms with van der Waals surface area (Å²) in [5.41, 5.74) is 0. The van der Waals surface area contributed by atoms with Crippen LogP contribution in [0.15, 0.2) is 24.3 Å². The first kappa shape index (κ1) is 11.5. The summed E-state index contributed by atoms with van der Waals surface area (Å²) < 4.78 is 1.35. The molecular formula is C12H15ClOSe. The molecule has 0 amide bonds. The van der Waals surface area contributed by atoms with Gasteiger partial charge in [-0.15, -0.1) is 0 Å². The fourth-order valence-corrected chi connectivity index (χ4v) is 4.59. The number of benzene rings is 1. The molecule has 1 nitrogen and oxygen atoms in total. The molecule has 15 heavy (non-hydrogen) atoms. The van der Waals surface area contributed by atoms with E-state index in [2.05, 4.69) is 12.1 Å². The minimum absolute atomic E-state index is 0.0746. The first-order chi connectivity index (χ1) is 7.25. The van der Waals surface area contributed by atoms with Crippen molar-refractivity contribution in [2.24, 2.45) is 0 Å². The Labute approximate surface area is 102 Å². The number of hydrogen-bond acceptors (Lipinski definition) is 1. The third-order valence-electron chi connectivity index (χ3n) is 2.77. The Morgan fingerprint density at radius 2 is 1.80 bits per heavy atom. The van der Waals surface area contributed by atoms with E-state index in [1.54, 1.807) is 0 Å². The second kappa shape index (κ2) is 5.36. The molecule has 0 heterocycles. The van der Waals surface area contributed by atoms with Crippen LogP contribution >= 0.6 is 11.6 Å². The van der Waals surface area contributed by atoms with Gasteiger partial charge in [0.05, 0.1) is 0 Å². The first-order valence-corrected chi connectivity index (χ1v) is 7.58. The Bertz CT molecular complexity index is 312. The van der Waals surface area contributed by atoms with Crippen LogP contribution in [0.3, 0.4) is 0 Å². The predicted molar refractivity (Wildman–Crippen MR) is 65.1 cm³/mol. The van der Waals surface area contributed by atoms with Crippen LogP contribution in [0, 0.1) is 0 Å².